The molecule has 4 heteroatoms. The molecule has 0 saturated heterocycles. The number of halogens is 1. The summed E-state index contributed by atoms with van der Waals surface area (Å²) in [5.74, 6) is 0.313. The number of hydrogen-bond donors (Lipinski definition) is 0. The van der Waals surface area contributed by atoms with Gasteiger partial charge in [0.1, 0.15) is 13.2 Å². The molecule has 0 heterocycles. The lowest BCUT2D eigenvalue weighted by atomic mass is 9.77. The third-order valence-electron chi connectivity index (χ3n) is 4.54. The van der Waals surface area contributed by atoms with E-state index in [-0.39, 0.29) is 35.9 Å². The van der Waals surface area contributed by atoms with Crippen LogP contribution in [-0.2, 0) is 9.53 Å². The molecule has 23 heavy (non-hydrogen) atoms. The van der Waals surface area contributed by atoms with Crippen molar-refractivity contribution in [3.63, 3.8) is 0 Å². The molecule has 0 spiro atoms. The van der Waals surface area contributed by atoms with Crippen LogP contribution in [0.1, 0.15) is 43.6 Å². The molecular formula is C19H30INO2. The summed E-state index contributed by atoms with van der Waals surface area (Å²) < 4.78 is 6.45. The van der Waals surface area contributed by atoms with Gasteiger partial charge in [0.25, 0.3) is 0 Å². The van der Waals surface area contributed by atoms with E-state index in [1.54, 1.807) is 0 Å². The maximum absolute atomic E-state index is 12.7. The Morgan fingerprint density at radius 2 is 1.74 bits per heavy atom. The van der Waals surface area contributed by atoms with E-state index < -0.39 is 0 Å². The minimum atomic E-state index is -0.0889. The Morgan fingerprint density at radius 3 is 2.30 bits per heavy atom. The van der Waals surface area contributed by atoms with E-state index in [4.69, 9.17) is 4.74 Å². The molecule has 1 atom stereocenters. The molecule has 3 nitrogen and oxygen atoms in total. The first kappa shape index (κ1) is 20.4. The number of nitrogens with zero attached hydrogens (tertiary/aromatic N) is 1. The van der Waals surface area contributed by atoms with Crippen molar-refractivity contribution in [3.8, 4) is 0 Å². The molecule has 0 aromatic heterocycles. The summed E-state index contributed by atoms with van der Waals surface area (Å²) in [7, 11) is 6.34. The fraction of sp³-hybridized carbons (Fsp3) is 0.632. The monoisotopic (exact) mass is 431 g/mol. The summed E-state index contributed by atoms with van der Waals surface area (Å²) in [6.07, 6.45) is 6.06. The molecule has 1 aromatic rings. The number of quaternary nitrogens is 1. The number of esters is 1. The van der Waals surface area contributed by atoms with Gasteiger partial charge in [0.05, 0.1) is 27.1 Å². The molecule has 0 radical (unpaired) electrons. The fourth-order valence-corrected chi connectivity index (χ4v) is 3.24. The Bertz CT molecular complexity index is 464. The number of hydrogen-bond acceptors (Lipinski definition) is 2. The van der Waals surface area contributed by atoms with Gasteiger partial charge >= 0.3 is 5.97 Å². The van der Waals surface area contributed by atoms with Gasteiger partial charge in [-0.25, -0.2) is 0 Å². The van der Waals surface area contributed by atoms with Crippen LogP contribution in [0.3, 0.4) is 0 Å². The van der Waals surface area contributed by atoms with Crippen LogP contribution in [-0.4, -0.2) is 44.7 Å². The predicted octanol–water partition coefficient (Wildman–Crippen LogP) is 0.604. The summed E-state index contributed by atoms with van der Waals surface area (Å²) in [4.78, 5) is 12.7. The van der Waals surface area contributed by atoms with Crippen LogP contribution in [0.4, 0.5) is 0 Å². The molecule has 1 saturated carbocycles. The second-order valence-corrected chi connectivity index (χ2v) is 7.47. The lowest BCUT2D eigenvalue weighted by Gasteiger charge is -2.30. The summed E-state index contributed by atoms with van der Waals surface area (Å²) in [6, 6.07) is 10.2. The Morgan fingerprint density at radius 1 is 1.13 bits per heavy atom. The van der Waals surface area contributed by atoms with Gasteiger partial charge in [0.2, 0.25) is 0 Å². The Kier molecular flexibility index (Phi) is 8.54. The standard InChI is InChI=1S/C19H30NO2.HI/c1-20(2,3)14-15-22-19(21)18(16-10-6-4-7-11-16)17-12-8-5-9-13-17;/h4,6-7,10-11,17-18H,5,8-9,12-15H2,1-3H3;1H/q+1;/p-1. The number of ether oxygens (including phenoxy) is 1. The van der Waals surface area contributed by atoms with E-state index in [1.165, 1.54) is 19.3 Å². The molecule has 0 N–H and O–H groups in total. The van der Waals surface area contributed by atoms with Crippen molar-refractivity contribution in [2.24, 2.45) is 5.92 Å². The van der Waals surface area contributed by atoms with E-state index in [2.05, 4.69) is 33.3 Å². The first-order valence-electron chi connectivity index (χ1n) is 8.49. The van der Waals surface area contributed by atoms with Gasteiger partial charge in [-0.05, 0) is 24.3 Å². The number of rotatable bonds is 6. The second kappa shape index (κ2) is 9.62. The van der Waals surface area contributed by atoms with Gasteiger partial charge in [0, 0.05) is 0 Å². The second-order valence-electron chi connectivity index (χ2n) is 7.47. The predicted molar refractivity (Wildman–Crippen MR) is 89.6 cm³/mol. The first-order valence-corrected chi connectivity index (χ1v) is 8.49. The first-order chi connectivity index (χ1) is 10.5. The maximum Gasteiger partial charge on any atom is 0.313 e. The van der Waals surface area contributed by atoms with Gasteiger partial charge in [-0.2, -0.15) is 0 Å². The highest BCUT2D eigenvalue weighted by Crippen LogP contribution is 2.36. The van der Waals surface area contributed by atoms with Crippen molar-refractivity contribution < 1.29 is 38.0 Å². The number of benzene rings is 1. The molecule has 0 amide bonds. The zero-order chi connectivity index (χ0) is 16.0. The summed E-state index contributed by atoms with van der Waals surface area (Å²) in [5, 5.41) is 0. The van der Waals surface area contributed by atoms with E-state index in [0.717, 1.165) is 29.4 Å². The van der Waals surface area contributed by atoms with Crippen molar-refractivity contribution in [1.29, 1.82) is 0 Å². The SMILES string of the molecule is C[N+](C)(C)CCOC(=O)C(c1ccccc1)C1CCCCC1.[I-]. The van der Waals surface area contributed by atoms with Crippen molar-refractivity contribution in [2.75, 3.05) is 34.3 Å². The quantitative estimate of drug-likeness (QED) is 0.375. The van der Waals surface area contributed by atoms with Gasteiger partial charge in [-0.1, -0.05) is 49.6 Å². The molecule has 1 aliphatic rings. The smallest absolute Gasteiger partial charge is 0.313 e. The van der Waals surface area contributed by atoms with Gasteiger partial charge in [-0.15, -0.1) is 0 Å². The Labute approximate surface area is 158 Å². The molecule has 1 fully saturated rings. The third kappa shape index (κ3) is 6.79. The molecule has 0 aliphatic heterocycles. The van der Waals surface area contributed by atoms with E-state index in [9.17, 15) is 4.79 Å². The minimum absolute atomic E-state index is 0. The fourth-order valence-electron chi connectivity index (χ4n) is 3.24. The highest BCUT2D eigenvalue weighted by Gasteiger charge is 2.32. The summed E-state index contributed by atoms with van der Waals surface area (Å²) in [5.41, 5.74) is 1.12. The van der Waals surface area contributed by atoms with E-state index in [0.29, 0.717) is 12.5 Å². The van der Waals surface area contributed by atoms with Crippen molar-refractivity contribution >= 4 is 5.97 Å². The van der Waals surface area contributed by atoms with Crippen LogP contribution >= 0.6 is 0 Å². The topological polar surface area (TPSA) is 26.3 Å². The zero-order valence-corrected chi connectivity index (χ0v) is 16.8. The number of carbonyl (C=O) groups is 1. The van der Waals surface area contributed by atoms with Crippen LogP contribution in [0.2, 0.25) is 0 Å². The Hall–Kier alpha value is -0.620. The molecule has 2 rings (SSSR count). The average Bonchev–Trinajstić information content (AvgIpc) is 2.48. The Balaban J connectivity index is 0.00000264. The minimum Gasteiger partial charge on any atom is -1.00 e. The van der Waals surface area contributed by atoms with Crippen LogP contribution in [0, 0.1) is 5.92 Å². The molecular weight excluding hydrogens is 401 g/mol. The van der Waals surface area contributed by atoms with Gasteiger partial charge in [-0.3, -0.25) is 4.79 Å². The molecule has 0 bridgehead atoms. The van der Waals surface area contributed by atoms with Crippen LogP contribution < -0.4 is 24.0 Å². The molecule has 1 aliphatic carbocycles. The lowest BCUT2D eigenvalue weighted by molar-refractivity contribution is -0.870. The summed E-state index contributed by atoms with van der Waals surface area (Å²) in [6.45, 7) is 1.34. The molecule has 1 aromatic carbocycles. The zero-order valence-electron chi connectivity index (χ0n) is 14.6. The van der Waals surface area contributed by atoms with Crippen molar-refractivity contribution in [2.45, 2.75) is 38.0 Å². The van der Waals surface area contributed by atoms with Crippen molar-refractivity contribution in [3.05, 3.63) is 35.9 Å². The highest BCUT2D eigenvalue weighted by atomic mass is 127. The largest absolute Gasteiger partial charge is 1.00 e. The number of carbonyl (C=O) groups excluding carboxylic acids is 1. The van der Waals surface area contributed by atoms with E-state index >= 15 is 0 Å². The van der Waals surface area contributed by atoms with Crippen LogP contribution in [0.15, 0.2) is 30.3 Å². The third-order valence-corrected chi connectivity index (χ3v) is 4.54. The molecule has 130 valence electrons. The normalized spacial score (nSPS) is 17.2. The lowest BCUT2D eigenvalue weighted by Crippen LogP contribution is -3.00. The molecule has 1 unspecified atom stereocenters. The van der Waals surface area contributed by atoms with Crippen LogP contribution in [0.25, 0.3) is 0 Å². The van der Waals surface area contributed by atoms with Crippen molar-refractivity contribution in [1.82, 2.24) is 0 Å². The van der Waals surface area contributed by atoms with Gasteiger partial charge in [0.15, 0.2) is 0 Å². The summed E-state index contributed by atoms with van der Waals surface area (Å²) >= 11 is 0. The number of likely N-dealkylation sites (N-methyl/N-ethyl adjacent to an activating group) is 1. The average molecular weight is 431 g/mol. The van der Waals surface area contributed by atoms with E-state index in [1.807, 2.05) is 18.2 Å². The van der Waals surface area contributed by atoms with Gasteiger partial charge < -0.3 is 33.2 Å². The maximum atomic E-state index is 12.7. The van der Waals surface area contributed by atoms with Crippen LogP contribution in [0.5, 0.6) is 0 Å². The highest BCUT2D eigenvalue weighted by molar-refractivity contribution is 5.78.